The van der Waals surface area contributed by atoms with Crippen LogP contribution in [0.2, 0.25) is 0 Å². The summed E-state index contributed by atoms with van der Waals surface area (Å²) in [6.07, 6.45) is 0.121. The molecule has 0 aromatic heterocycles. The Morgan fingerprint density at radius 3 is 2.32 bits per heavy atom. The van der Waals surface area contributed by atoms with E-state index in [9.17, 15) is 9.59 Å². The molecule has 0 heterocycles. The number of hydrogen-bond acceptors (Lipinski definition) is 3. The molecule has 2 amide bonds. The van der Waals surface area contributed by atoms with Crippen molar-refractivity contribution >= 4 is 12.0 Å². The molecule has 0 aliphatic carbocycles. The molecule has 6 nitrogen and oxygen atoms in total. The molecule has 22 heavy (non-hydrogen) atoms. The van der Waals surface area contributed by atoms with E-state index in [0.29, 0.717) is 6.54 Å². The number of carboxylic acids is 1. The predicted octanol–water partition coefficient (Wildman–Crippen LogP) is 2.34. The number of aliphatic carboxylic acids is 1. The lowest BCUT2D eigenvalue weighted by atomic mass is 10.2. The van der Waals surface area contributed by atoms with Gasteiger partial charge in [0.1, 0.15) is 5.75 Å². The van der Waals surface area contributed by atoms with E-state index in [1.165, 1.54) is 4.90 Å². The van der Waals surface area contributed by atoms with Crippen molar-refractivity contribution in [3.63, 3.8) is 0 Å². The summed E-state index contributed by atoms with van der Waals surface area (Å²) >= 11 is 0. The van der Waals surface area contributed by atoms with Crippen LogP contribution in [0, 0.1) is 5.92 Å². The monoisotopic (exact) mass is 308 g/mol. The lowest BCUT2D eigenvalue weighted by Crippen LogP contribution is -2.40. The van der Waals surface area contributed by atoms with Crippen LogP contribution in [-0.4, -0.2) is 41.7 Å². The smallest absolute Gasteiger partial charge is 0.317 e. The number of urea groups is 1. The van der Waals surface area contributed by atoms with E-state index in [4.69, 9.17) is 9.84 Å². The third-order valence-corrected chi connectivity index (χ3v) is 3.05. The zero-order chi connectivity index (χ0) is 16.7. The second-order valence-electron chi connectivity index (χ2n) is 5.59. The quantitative estimate of drug-likeness (QED) is 0.810. The molecule has 0 aliphatic heterocycles. The van der Waals surface area contributed by atoms with E-state index in [-0.39, 0.29) is 18.7 Å². The van der Waals surface area contributed by atoms with Gasteiger partial charge in [0, 0.05) is 20.1 Å². The van der Waals surface area contributed by atoms with E-state index in [1.54, 1.807) is 14.0 Å². The summed E-state index contributed by atoms with van der Waals surface area (Å²) in [6.45, 7) is 6.04. The van der Waals surface area contributed by atoms with Crippen LogP contribution in [-0.2, 0) is 11.3 Å². The third kappa shape index (κ3) is 6.03. The van der Waals surface area contributed by atoms with E-state index in [2.05, 4.69) is 5.32 Å². The van der Waals surface area contributed by atoms with Crippen LogP contribution in [0.15, 0.2) is 24.3 Å². The first kappa shape index (κ1) is 17.8. The number of carbonyl (C=O) groups is 2. The predicted molar refractivity (Wildman–Crippen MR) is 83.9 cm³/mol. The lowest BCUT2D eigenvalue weighted by molar-refractivity contribution is -0.141. The summed E-state index contributed by atoms with van der Waals surface area (Å²) in [5.74, 6) is -0.721. The Balaban J connectivity index is 2.45. The Labute approximate surface area is 131 Å². The van der Waals surface area contributed by atoms with Crippen molar-refractivity contribution in [1.29, 1.82) is 0 Å². The van der Waals surface area contributed by atoms with Gasteiger partial charge in [0.05, 0.1) is 12.0 Å². The average Bonchev–Trinajstić information content (AvgIpc) is 2.45. The molecule has 2 N–H and O–H groups in total. The van der Waals surface area contributed by atoms with E-state index >= 15 is 0 Å². The number of carboxylic acid groups (broad SMARTS) is 1. The van der Waals surface area contributed by atoms with E-state index < -0.39 is 11.9 Å². The Morgan fingerprint density at radius 1 is 1.23 bits per heavy atom. The molecule has 1 unspecified atom stereocenters. The van der Waals surface area contributed by atoms with Gasteiger partial charge in [-0.15, -0.1) is 0 Å². The topological polar surface area (TPSA) is 78.9 Å². The van der Waals surface area contributed by atoms with Crippen molar-refractivity contribution in [2.45, 2.75) is 33.4 Å². The number of nitrogens with one attached hydrogen (secondary N) is 1. The number of amides is 2. The van der Waals surface area contributed by atoms with Crippen LogP contribution >= 0.6 is 0 Å². The highest BCUT2D eigenvalue weighted by molar-refractivity contribution is 5.75. The minimum atomic E-state index is -0.916. The first-order chi connectivity index (χ1) is 10.3. The minimum absolute atomic E-state index is 0.121. The molecule has 6 heteroatoms. The first-order valence-corrected chi connectivity index (χ1v) is 7.27. The first-order valence-electron chi connectivity index (χ1n) is 7.27. The fraction of sp³-hybridized carbons (Fsp3) is 0.500. The lowest BCUT2D eigenvalue weighted by Gasteiger charge is -2.20. The molecule has 1 aromatic carbocycles. The number of benzene rings is 1. The molecule has 0 radical (unpaired) electrons. The van der Waals surface area contributed by atoms with E-state index in [1.807, 2.05) is 38.1 Å². The average molecular weight is 308 g/mol. The van der Waals surface area contributed by atoms with Crippen LogP contribution in [0.1, 0.15) is 26.3 Å². The summed E-state index contributed by atoms with van der Waals surface area (Å²) < 4.78 is 5.55. The Morgan fingerprint density at radius 2 is 1.82 bits per heavy atom. The second kappa shape index (κ2) is 8.26. The molecule has 0 fully saturated rings. The Bertz CT molecular complexity index is 499. The van der Waals surface area contributed by atoms with Crippen LogP contribution in [0.5, 0.6) is 5.75 Å². The van der Waals surface area contributed by atoms with Crippen LogP contribution < -0.4 is 10.1 Å². The number of rotatable bonds is 7. The van der Waals surface area contributed by atoms with Gasteiger partial charge in [-0.2, -0.15) is 0 Å². The van der Waals surface area contributed by atoms with Crippen LogP contribution in [0.3, 0.4) is 0 Å². The highest BCUT2D eigenvalue weighted by Gasteiger charge is 2.16. The fourth-order valence-corrected chi connectivity index (χ4v) is 1.84. The minimum Gasteiger partial charge on any atom is -0.491 e. The Hall–Kier alpha value is -2.24. The summed E-state index contributed by atoms with van der Waals surface area (Å²) in [6, 6.07) is 7.20. The van der Waals surface area contributed by atoms with Crippen molar-refractivity contribution in [3.05, 3.63) is 29.8 Å². The van der Waals surface area contributed by atoms with Gasteiger partial charge in [-0.3, -0.25) is 4.79 Å². The van der Waals surface area contributed by atoms with E-state index in [0.717, 1.165) is 11.3 Å². The molecule has 122 valence electrons. The molecule has 1 rings (SSSR count). The van der Waals surface area contributed by atoms with Crippen molar-refractivity contribution < 1.29 is 19.4 Å². The standard InChI is InChI=1S/C16H24N2O4/c1-11(2)22-14-7-5-13(6-8-14)9-17-16(21)18(4)10-12(3)15(19)20/h5-8,11-12H,9-10H2,1-4H3,(H,17,21)(H,19,20). The molecule has 0 saturated heterocycles. The molecule has 0 bridgehead atoms. The van der Waals surface area contributed by atoms with Crippen LogP contribution in [0.25, 0.3) is 0 Å². The zero-order valence-corrected chi connectivity index (χ0v) is 13.5. The molecule has 1 aromatic rings. The summed E-state index contributed by atoms with van der Waals surface area (Å²) in [5.41, 5.74) is 0.948. The zero-order valence-electron chi connectivity index (χ0n) is 13.5. The number of hydrogen-bond donors (Lipinski definition) is 2. The molecule has 0 saturated carbocycles. The maximum absolute atomic E-state index is 11.9. The molecular formula is C16H24N2O4. The van der Waals surface area contributed by atoms with Crippen molar-refractivity contribution in [2.75, 3.05) is 13.6 Å². The van der Waals surface area contributed by atoms with Crippen LogP contribution in [0.4, 0.5) is 4.79 Å². The van der Waals surface area contributed by atoms with Crippen molar-refractivity contribution in [1.82, 2.24) is 10.2 Å². The summed E-state index contributed by atoms with van der Waals surface area (Å²) in [4.78, 5) is 24.0. The van der Waals surface area contributed by atoms with Crippen molar-refractivity contribution in [2.24, 2.45) is 5.92 Å². The summed E-state index contributed by atoms with van der Waals surface area (Å²) in [5, 5.41) is 11.6. The Kier molecular flexibility index (Phi) is 6.69. The van der Waals surface area contributed by atoms with Gasteiger partial charge in [-0.05, 0) is 31.5 Å². The molecule has 0 spiro atoms. The van der Waals surface area contributed by atoms with Gasteiger partial charge in [0.25, 0.3) is 0 Å². The maximum Gasteiger partial charge on any atom is 0.317 e. The highest BCUT2D eigenvalue weighted by atomic mass is 16.5. The second-order valence-corrected chi connectivity index (χ2v) is 5.59. The maximum atomic E-state index is 11.9. The van der Waals surface area contributed by atoms with Gasteiger partial charge >= 0.3 is 12.0 Å². The van der Waals surface area contributed by atoms with Gasteiger partial charge in [-0.1, -0.05) is 19.1 Å². The largest absolute Gasteiger partial charge is 0.491 e. The molecule has 0 aliphatic rings. The normalized spacial score (nSPS) is 11.9. The highest BCUT2D eigenvalue weighted by Crippen LogP contribution is 2.13. The fourth-order valence-electron chi connectivity index (χ4n) is 1.84. The van der Waals surface area contributed by atoms with Crippen molar-refractivity contribution in [3.8, 4) is 5.75 Å². The number of carbonyl (C=O) groups excluding carboxylic acids is 1. The summed E-state index contributed by atoms with van der Waals surface area (Å²) in [7, 11) is 1.58. The SMILES string of the molecule is CC(C)Oc1ccc(CNC(=O)N(C)CC(C)C(=O)O)cc1. The van der Waals surface area contributed by atoms with Gasteiger partial charge < -0.3 is 20.1 Å². The molecule has 1 atom stereocenters. The molecular weight excluding hydrogens is 284 g/mol. The van der Waals surface area contributed by atoms with Gasteiger partial charge in [-0.25, -0.2) is 4.79 Å². The van der Waals surface area contributed by atoms with Gasteiger partial charge in [0.2, 0.25) is 0 Å². The number of nitrogens with zero attached hydrogens (tertiary/aromatic N) is 1. The van der Waals surface area contributed by atoms with Gasteiger partial charge in [0.15, 0.2) is 0 Å². The third-order valence-electron chi connectivity index (χ3n) is 3.05. The number of ether oxygens (including phenoxy) is 1.